The molecule has 0 radical (unpaired) electrons. The van der Waals surface area contributed by atoms with Gasteiger partial charge in [0.05, 0.1) is 14.5 Å². The number of carbonyl (C=O) groups excluding carboxylic acids is 1. The molecule has 2 aromatic carbocycles. The Kier molecular flexibility index (Phi) is 5.27. The monoisotopic (exact) mass is 453 g/mol. The van der Waals surface area contributed by atoms with Crippen LogP contribution in [-0.2, 0) is 10.3 Å². The number of ether oxygens (including phenoxy) is 1. The topological polar surface area (TPSA) is 58.6 Å². The molecule has 0 atom stereocenters. The first-order chi connectivity index (χ1) is 11.5. The van der Waals surface area contributed by atoms with E-state index in [-0.39, 0.29) is 5.75 Å². The van der Waals surface area contributed by atoms with Gasteiger partial charge in [-0.3, -0.25) is 0 Å². The molecule has 0 aromatic heterocycles. The summed E-state index contributed by atoms with van der Waals surface area (Å²) in [4.78, 5) is 12.7. The van der Waals surface area contributed by atoms with Crippen LogP contribution in [0.5, 0.6) is 5.75 Å². The normalized spacial score (nSPS) is 16.6. The molecule has 24 heavy (non-hydrogen) atoms. The van der Waals surface area contributed by atoms with Gasteiger partial charge in [0.15, 0.2) is 0 Å². The third kappa shape index (κ3) is 3.50. The number of rotatable bonds is 3. The number of nitrogens with one attached hydrogen (secondary N) is 1. The number of esters is 1. The molecule has 6 heteroatoms. The number of carbonyl (C=O) groups is 1. The van der Waals surface area contributed by atoms with E-state index in [4.69, 9.17) is 4.74 Å². The van der Waals surface area contributed by atoms with Crippen LogP contribution in [0.15, 0.2) is 51.4 Å². The van der Waals surface area contributed by atoms with Gasteiger partial charge >= 0.3 is 5.97 Å². The fourth-order valence-electron chi connectivity index (χ4n) is 2.94. The molecular weight excluding hydrogens is 438 g/mol. The molecule has 0 amide bonds. The second kappa shape index (κ2) is 7.25. The van der Waals surface area contributed by atoms with Crippen molar-refractivity contribution in [1.82, 2.24) is 5.32 Å². The van der Waals surface area contributed by atoms with E-state index in [9.17, 15) is 9.90 Å². The minimum absolute atomic E-state index is 0.0613. The Labute approximate surface area is 157 Å². The third-order valence-corrected chi connectivity index (χ3v) is 5.46. The number of aromatic hydroxyl groups is 1. The summed E-state index contributed by atoms with van der Waals surface area (Å²) in [5, 5.41) is 13.1. The van der Waals surface area contributed by atoms with Gasteiger partial charge < -0.3 is 15.2 Å². The highest BCUT2D eigenvalue weighted by atomic mass is 79.9. The molecular formula is C18H17Br2NO3. The Morgan fingerprint density at radius 3 is 2.25 bits per heavy atom. The molecule has 0 saturated carbocycles. The van der Waals surface area contributed by atoms with E-state index in [0.29, 0.717) is 14.5 Å². The van der Waals surface area contributed by atoms with E-state index in [1.54, 1.807) is 12.1 Å². The Bertz CT molecular complexity index is 720. The predicted octanol–water partition coefficient (Wildman–Crippen LogP) is 4.35. The molecule has 1 aliphatic rings. The molecule has 126 valence electrons. The van der Waals surface area contributed by atoms with E-state index < -0.39 is 11.6 Å². The van der Waals surface area contributed by atoms with Crippen molar-refractivity contribution in [3.05, 3.63) is 62.5 Å². The fraction of sp³-hybridized carbons (Fsp3) is 0.278. The molecule has 1 heterocycles. The number of benzene rings is 2. The average molecular weight is 455 g/mol. The summed E-state index contributed by atoms with van der Waals surface area (Å²) in [6.45, 7) is 1.59. The van der Waals surface area contributed by atoms with Gasteiger partial charge in [0, 0.05) is 12.8 Å². The number of halogens is 2. The van der Waals surface area contributed by atoms with Crippen LogP contribution in [0, 0.1) is 0 Å². The maximum absolute atomic E-state index is 12.7. The summed E-state index contributed by atoms with van der Waals surface area (Å²) in [6, 6.07) is 13.0. The molecule has 3 rings (SSSR count). The number of phenolic OH excluding ortho intramolecular Hbond substituents is 1. The van der Waals surface area contributed by atoms with Crippen LogP contribution in [0.2, 0.25) is 0 Å². The van der Waals surface area contributed by atoms with Crippen LogP contribution in [0.4, 0.5) is 0 Å². The molecule has 0 aliphatic carbocycles. The molecule has 4 nitrogen and oxygen atoms in total. The van der Waals surface area contributed by atoms with Crippen molar-refractivity contribution in [2.75, 3.05) is 13.1 Å². The number of phenols is 1. The van der Waals surface area contributed by atoms with Crippen LogP contribution in [0.25, 0.3) is 0 Å². The molecule has 1 saturated heterocycles. The lowest BCUT2D eigenvalue weighted by molar-refractivity contribution is -0.0378. The minimum atomic E-state index is -0.625. The van der Waals surface area contributed by atoms with Crippen molar-refractivity contribution >= 4 is 37.8 Å². The van der Waals surface area contributed by atoms with Gasteiger partial charge in [-0.2, -0.15) is 0 Å². The maximum atomic E-state index is 12.7. The zero-order chi connectivity index (χ0) is 17.2. The minimum Gasteiger partial charge on any atom is -0.506 e. The maximum Gasteiger partial charge on any atom is 0.339 e. The van der Waals surface area contributed by atoms with Crippen LogP contribution < -0.4 is 5.32 Å². The lowest BCUT2D eigenvalue weighted by atomic mass is 9.84. The van der Waals surface area contributed by atoms with Gasteiger partial charge in [0.2, 0.25) is 0 Å². The van der Waals surface area contributed by atoms with Gasteiger partial charge in [-0.05, 0) is 62.6 Å². The molecule has 0 spiro atoms. The van der Waals surface area contributed by atoms with Crippen molar-refractivity contribution in [3.63, 3.8) is 0 Å². The van der Waals surface area contributed by atoms with Crippen molar-refractivity contribution in [1.29, 1.82) is 0 Å². The molecule has 1 aliphatic heterocycles. The first-order valence-corrected chi connectivity index (χ1v) is 9.28. The van der Waals surface area contributed by atoms with Gasteiger partial charge in [0.25, 0.3) is 0 Å². The average Bonchev–Trinajstić information content (AvgIpc) is 2.60. The van der Waals surface area contributed by atoms with Crippen LogP contribution in [-0.4, -0.2) is 24.2 Å². The highest BCUT2D eigenvalue weighted by Gasteiger charge is 2.38. The second-order valence-electron chi connectivity index (χ2n) is 5.79. The lowest BCUT2D eigenvalue weighted by Crippen LogP contribution is -2.43. The number of piperidine rings is 1. The summed E-state index contributed by atoms with van der Waals surface area (Å²) < 4.78 is 6.89. The van der Waals surface area contributed by atoms with E-state index >= 15 is 0 Å². The Hall–Kier alpha value is -1.37. The first kappa shape index (κ1) is 17.5. The van der Waals surface area contributed by atoms with E-state index in [0.717, 1.165) is 31.5 Å². The van der Waals surface area contributed by atoms with Crippen molar-refractivity contribution < 1.29 is 14.6 Å². The summed E-state index contributed by atoms with van der Waals surface area (Å²) in [6.07, 6.45) is 1.45. The fourth-order valence-corrected chi connectivity index (χ4v) is 4.13. The van der Waals surface area contributed by atoms with Gasteiger partial charge in [0.1, 0.15) is 11.4 Å². The smallest absolute Gasteiger partial charge is 0.339 e. The lowest BCUT2D eigenvalue weighted by Gasteiger charge is -2.37. The van der Waals surface area contributed by atoms with Crippen LogP contribution >= 0.6 is 31.9 Å². The first-order valence-electron chi connectivity index (χ1n) is 7.69. The zero-order valence-corrected chi connectivity index (χ0v) is 16.1. The Morgan fingerprint density at radius 1 is 1.08 bits per heavy atom. The van der Waals surface area contributed by atoms with Gasteiger partial charge in [-0.1, -0.05) is 30.3 Å². The largest absolute Gasteiger partial charge is 0.506 e. The highest BCUT2D eigenvalue weighted by Crippen LogP contribution is 2.37. The number of hydrogen-bond acceptors (Lipinski definition) is 4. The number of hydrogen-bond donors (Lipinski definition) is 2. The zero-order valence-electron chi connectivity index (χ0n) is 12.9. The van der Waals surface area contributed by atoms with E-state index in [1.165, 1.54) is 0 Å². The van der Waals surface area contributed by atoms with E-state index in [2.05, 4.69) is 37.2 Å². The summed E-state index contributed by atoms with van der Waals surface area (Å²) >= 11 is 6.50. The molecule has 0 bridgehead atoms. The molecule has 2 aromatic rings. The summed E-state index contributed by atoms with van der Waals surface area (Å²) in [5.41, 5.74) is 0.776. The highest BCUT2D eigenvalue weighted by molar-refractivity contribution is 9.11. The molecule has 2 N–H and O–H groups in total. The van der Waals surface area contributed by atoms with Crippen molar-refractivity contribution in [3.8, 4) is 5.75 Å². The predicted molar refractivity (Wildman–Crippen MR) is 99.1 cm³/mol. The Morgan fingerprint density at radius 2 is 1.67 bits per heavy atom. The molecule has 0 unspecified atom stereocenters. The van der Waals surface area contributed by atoms with Gasteiger partial charge in [-0.15, -0.1) is 0 Å². The summed E-state index contributed by atoms with van der Waals surface area (Å²) in [5.74, 6) is -0.339. The standard InChI is InChI=1S/C18H17Br2NO3/c19-14-10-12(11-15(20)16(14)22)17(23)24-18(6-8-21-9-7-18)13-4-2-1-3-5-13/h1-5,10-11,21-22H,6-9H2. The van der Waals surface area contributed by atoms with Crippen LogP contribution in [0.1, 0.15) is 28.8 Å². The van der Waals surface area contributed by atoms with Crippen molar-refractivity contribution in [2.45, 2.75) is 18.4 Å². The summed E-state index contributed by atoms with van der Waals surface area (Å²) in [7, 11) is 0. The van der Waals surface area contributed by atoms with Crippen molar-refractivity contribution in [2.24, 2.45) is 0 Å². The third-order valence-electron chi connectivity index (χ3n) is 4.25. The quantitative estimate of drug-likeness (QED) is 0.676. The van der Waals surface area contributed by atoms with E-state index in [1.807, 2.05) is 30.3 Å². The van der Waals surface area contributed by atoms with Crippen LogP contribution in [0.3, 0.4) is 0 Å². The Balaban J connectivity index is 1.92. The van der Waals surface area contributed by atoms with Gasteiger partial charge in [-0.25, -0.2) is 4.79 Å². The SMILES string of the molecule is O=C(OC1(c2ccccc2)CCNCC1)c1cc(Br)c(O)c(Br)c1. The second-order valence-corrected chi connectivity index (χ2v) is 7.50. The molecule has 1 fully saturated rings.